The van der Waals surface area contributed by atoms with Gasteiger partial charge in [0.1, 0.15) is 5.78 Å². The van der Waals surface area contributed by atoms with E-state index in [1.807, 2.05) is 0 Å². The summed E-state index contributed by atoms with van der Waals surface area (Å²) in [5.41, 5.74) is 0. The molecule has 1 unspecified atom stereocenters. The molecule has 0 heterocycles. The van der Waals surface area contributed by atoms with Crippen molar-refractivity contribution in [2.75, 3.05) is 0 Å². The van der Waals surface area contributed by atoms with Crippen molar-refractivity contribution >= 4 is 5.78 Å². The summed E-state index contributed by atoms with van der Waals surface area (Å²) in [6.45, 7) is 3.85. The largest absolute Gasteiger partial charge is 0.300 e. The van der Waals surface area contributed by atoms with Crippen LogP contribution in [-0.2, 0) is 4.79 Å². The zero-order valence-electron chi connectivity index (χ0n) is 9.01. The Morgan fingerprint density at radius 3 is 2.54 bits per heavy atom. The van der Waals surface area contributed by atoms with Gasteiger partial charge in [-0.3, -0.25) is 4.79 Å². The molecular weight excluding hydrogens is 160 g/mol. The minimum absolute atomic E-state index is 0.347. The molecule has 1 fully saturated rings. The summed E-state index contributed by atoms with van der Waals surface area (Å²) in [6.07, 6.45) is 9.11. The second-order valence-electron chi connectivity index (χ2n) is 4.44. The van der Waals surface area contributed by atoms with Crippen LogP contribution in [0.1, 0.15) is 58.8 Å². The number of hydrogen-bond donors (Lipinski definition) is 0. The first kappa shape index (κ1) is 10.7. The van der Waals surface area contributed by atoms with Gasteiger partial charge in [-0.25, -0.2) is 0 Å². The molecule has 0 aromatic heterocycles. The molecule has 0 bridgehead atoms. The maximum absolute atomic E-state index is 11.1. The second-order valence-corrected chi connectivity index (χ2v) is 4.44. The van der Waals surface area contributed by atoms with Crippen molar-refractivity contribution in [2.45, 2.75) is 58.8 Å². The van der Waals surface area contributed by atoms with Crippen LogP contribution in [0.2, 0.25) is 0 Å². The highest BCUT2D eigenvalue weighted by Crippen LogP contribution is 2.31. The highest BCUT2D eigenvalue weighted by molar-refractivity contribution is 5.78. The van der Waals surface area contributed by atoms with Crippen molar-refractivity contribution in [1.29, 1.82) is 0 Å². The number of carbonyl (C=O) groups is 1. The Morgan fingerprint density at radius 1 is 1.46 bits per heavy atom. The van der Waals surface area contributed by atoms with Crippen molar-refractivity contribution in [3.05, 3.63) is 0 Å². The van der Waals surface area contributed by atoms with E-state index in [1.165, 1.54) is 32.1 Å². The van der Waals surface area contributed by atoms with E-state index in [0.29, 0.717) is 11.7 Å². The molecule has 0 aliphatic heterocycles. The van der Waals surface area contributed by atoms with E-state index in [9.17, 15) is 4.79 Å². The lowest BCUT2D eigenvalue weighted by molar-refractivity contribution is -0.121. The molecule has 0 aromatic rings. The molecule has 13 heavy (non-hydrogen) atoms. The SMILES string of the molecule is CCC(CCCC1CCC1)C(C)=O. The van der Waals surface area contributed by atoms with Crippen LogP contribution in [0.4, 0.5) is 0 Å². The topological polar surface area (TPSA) is 17.1 Å². The number of carbonyl (C=O) groups excluding carboxylic acids is 1. The Kier molecular flexibility index (Phi) is 4.47. The molecule has 1 rings (SSSR count). The molecule has 1 aliphatic rings. The molecule has 76 valence electrons. The first-order valence-corrected chi connectivity index (χ1v) is 5.74. The van der Waals surface area contributed by atoms with E-state index in [0.717, 1.165) is 18.8 Å². The minimum Gasteiger partial charge on any atom is -0.300 e. The van der Waals surface area contributed by atoms with Gasteiger partial charge in [0.15, 0.2) is 0 Å². The summed E-state index contributed by atoms with van der Waals surface area (Å²) in [5.74, 6) is 1.74. The van der Waals surface area contributed by atoms with Crippen molar-refractivity contribution < 1.29 is 4.79 Å². The fourth-order valence-electron chi connectivity index (χ4n) is 2.13. The van der Waals surface area contributed by atoms with E-state index in [2.05, 4.69) is 6.92 Å². The first-order chi connectivity index (χ1) is 6.24. The molecule has 1 atom stereocenters. The van der Waals surface area contributed by atoms with Gasteiger partial charge < -0.3 is 0 Å². The van der Waals surface area contributed by atoms with Crippen LogP contribution in [0.15, 0.2) is 0 Å². The van der Waals surface area contributed by atoms with Crippen LogP contribution in [0.25, 0.3) is 0 Å². The van der Waals surface area contributed by atoms with E-state index >= 15 is 0 Å². The predicted molar refractivity (Wildman–Crippen MR) is 55.7 cm³/mol. The second kappa shape index (κ2) is 5.41. The van der Waals surface area contributed by atoms with Crippen LogP contribution in [-0.4, -0.2) is 5.78 Å². The third kappa shape index (κ3) is 3.50. The van der Waals surface area contributed by atoms with Gasteiger partial charge in [0.25, 0.3) is 0 Å². The fourth-order valence-corrected chi connectivity index (χ4v) is 2.13. The Balaban J connectivity index is 2.05. The minimum atomic E-state index is 0.347. The molecule has 1 heteroatoms. The number of rotatable bonds is 6. The van der Waals surface area contributed by atoms with Gasteiger partial charge in [-0.05, 0) is 25.7 Å². The van der Waals surface area contributed by atoms with Crippen LogP contribution >= 0.6 is 0 Å². The van der Waals surface area contributed by atoms with Gasteiger partial charge in [-0.1, -0.05) is 39.0 Å². The normalized spacial score (nSPS) is 19.5. The average Bonchev–Trinajstić information content (AvgIpc) is 2.00. The smallest absolute Gasteiger partial charge is 0.132 e. The Hall–Kier alpha value is -0.330. The van der Waals surface area contributed by atoms with Gasteiger partial charge in [0, 0.05) is 5.92 Å². The summed E-state index contributed by atoms with van der Waals surface area (Å²) in [6, 6.07) is 0. The van der Waals surface area contributed by atoms with Gasteiger partial charge in [-0.2, -0.15) is 0 Å². The number of hydrogen-bond acceptors (Lipinski definition) is 1. The van der Waals surface area contributed by atoms with Crippen molar-refractivity contribution in [2.24, 2.45) is 11.8 Å². The molecule has 0 aromatic carbocycles. The van der Waals surface area contributed by atoms with Gasteiger partial charge in [-0.15, -0.1) is 0 Å². The highest BCUT2D eigenvalue weighted by atomic mass is 16.1. The third-order valence-corrected chi connectivity index (χ3v) is 3.46. The summed E-state index contributed by atoms with van der Waals surface area (Å²) in [5, 5.41) is 0. The van der Waals surface area contributed by atoms with Crippen LogP contribution in [0.5, 0.6) is 0 Å². The molecule has 1 saturated carbocycles. The van der Waals surface area contributed by atoms with Gasteiger partial charge in [0.05, 0.1) is 0 Å². The molecule has 0 saturated heterocycles. The van der Waals surface area contributed by atoms with Crippen molar-refractivity contribution in [1.82, 2.24) is 0 Å². The predicted octanol–water partition coefficient (Wildman–Crippen LogP) is 3.57. The number of Topliss-reactive ketones (excluding diaryl/α,β-unsaturated/α-hetero) is 1. The highest BCUT2D eigenvalue weighted by Gasteiger charge is 2.18. The molecule has 0 radical (unpaired) electrons. The summed E-state index contributed by atoms with van der Waals surface area (Å²) in [7, 11) is 0. The van der Waals surface area contributed by atoms with Crippen molar-refractivity contribution in [3.8, 4) is 0 Å². The summed E-state index contributed by atoms with van der Waals surface area (Å²) < 4.78 is 0. The van der Waals surface area contributed by atoms with E-state index in [4.69, 9.17) is 0 Å². The fraction of sp³-hybridized carbons (Fsp3) is 0.917. The lowest BCUT2D eigenvalue weighted by Gasteiger charge is -2.25. The Morgan fingerprint density at radius 2 is 2.15 bits per heavy atom. The van der Waals surface area contributed by atoms with Gasteiger partial charge in [0.2, 0.25) is 0 Å². The zero-order chi connectivity index (χ0) is 9.68. The molecule has 1 aliphatic carbocycles. The first-order valence-electron chi connectivity index (χ1n) is 5.74. The Labute approximate surface area is 81.9 Å². The molecular formula is C12H22O. The lowest BCUT2D eigenvalue weighted by Crippen LogP contribution is -2.13. The van der Waals surface area contributed by atoms with E-state index in [-0.39, 0.29) is 0 Å². The molecule has 1 nitrogen and oxygen atoms in total. The average molecular weight is 182 g/mol. The van der Waals surface area contributed by atoms with Crippen molar-refractivity contribution in [3.63, 3.8) is 0 Å². The summed E-state index contributed by atoms with van der Waals surface area (Å²) in [4.78, 5) is 11.1. The summed E-state index contributed by atoms with van der Waals surface area (Å²) >= 11 is 0. The van der Waals surface area contributed by atoms with E-state index < -0.39 is 0 Å². The van der Waals surface area contributed by atoms with Crippen LogP contribution < -0.4 is 0 Å². The standard InChI is InChI=1S/C12H22O/c1-3-12(10(2)13)9-5-8-11-6-4-7-11/h11-12H,3-9H2,1-2H3. The molecule has 0 amide bonds. The quantitative estimate of drug-likeness (QED) is 0.613. The molecule has 0 N–H and O–H groups in total. The maximum atomic E-state index is 11.1. The number of ketones is 1. The Bertz CT molecular complexity index is 159. The lowest BCUT2D eigenvalue weighted by atomic mass is 9.81. The monoisotopic (exact) mass is 182 g/mol. The van der Waals surface area contributed by atoms with Gasteiger partial charge >= 0.3 is 0 Å². The zero-order valence-corrected chi connectivity index (χ0v) is 9.01. The van der Waals surface area contributed by atoms with Crippen LogP contribution in [0.3, 0.4) is 0 Å². The third-order valence-electron chi connectivity index (χ3n) is 3.46. The maximum Gasteiger partial charge on any atom is 0.132 e. The molecule has 0 spiro atoms. The van der Waals surface area contributed by atoms with E-state index in [1.54, 1.807) is 6.92 Å². The van der Waals surface area contributed by atoms with Crippen LogP contribution in [0, 0.1) is 11.8 Å².